The lowest BCUT2D eigenvalue weighted by Crippen LogP contribution is -2.50. The average Bonchev–Trinajstić information content (AvgIpc) is 3.52. The van der Waals surface area contributed by atoms with Crippen LogP contribution in [0, 0.1) is 0 Å². The van der Waals surface area contributed by atoms with Crippen LogP contribution in [0.5, 0.6) is 5.75 Å². The molecular weight excluding hydrogens is 644 g/mol. The maximum Gasteiger partial charge on any atom is 0.326 e. The van der Waals surface area contributed by atoms with E-state index in [9.17, 15) is 18.0 Å². The summed E-state index contributed by atoms with van der Waals surface area (Å²) in [6.45, 7) is 8.95. The first kappa shape index (κ1) is 35.7. The molecule has 3 aromatic carbocycles. The van der Waals surface area contributed by atoms with Gasteiger partial charge in [0.25, 0.3) is 5.91 Å². The fourth-order valence-electron chi connectivity index (χ4n) is 5.71. The summed E-state index contributed by atoms with van der Waals surface area (Å²) in [5.74, 6) is 0.577. The van der Waals surface area contributed by atoms with E-state index in [0.29, 0.717) is 11.6 Å². The van der Waals surface area contributed by atoms with Crippen molar-refractivity contribution in [3.05, 3.63) is 90.0 Å². The van der Waals surface area contributed by atoms with Crippen LogP contribution in [0.25, 0.3) is 0 Å². The van der Waals surface area contributed by atoms with E-state index in [1.165, 1.54) is 17.7 Å². The molecule has 0 saturated carbocycles. The minimum absolute atomic E-state index is 0.00396. The van der Waals surface area contributed by atoms with Gasteiger partial charge in [-0.15, -0.1) is 0 Å². The highest BCUT2D eigenvalue weighted by molar-refractivity contribution is 7.89. The molecule has 49 heavy (non-hydrogen) atoms. The van der Waals surface area contributed by atoms with E-state index >= 15 is 0 Å². The lowest BCUT2D eigenvalue weighted by atomic mass is 10.0. The van der Waals surface area contributed by atoms with E-state index in [4.69, 9.17) is 14.5 Å². The summed E-state index contributed by atoms with van der Waals surface area (Å²) in [5, 5.41) is 6.36. The zero-order valence-electron chi connectivity index (χ0n) is 28.5. The number of methoxy groups -OCH3 is 1. The Hall–Kier alpha value is -4.62. The van der Waals surface area contributed by atoms with E-state index < -0.39 is 33.5 Å². The average molecular weight is 691 g/mol. The highest BCUT2D eigenvalue weighted by atomic mass is 32.2. The molecule has 5 rings (SSSR count). The van der Waals surface area contributed by atoms with Crippen LogP contribution in [0.3, 0.4) is 0 Å². The Kier molecular flexibility index (Phi) is 11.5. The van der Waals surface area contributed by atoms with Gasteiger partial charge in [-0.1, -0.05) is 30.3 Å². The van der Waals surface area contributed by atoms with Gasteiger partial charge in [0.1, 0.15) is 17.4 Å². The van der Waals surface area contributed by atoms with Gasteiger partial charge >= 0.3 is 5.97 Å². The Morgan fingerprint density at radius 3 is 2.24 bits per heavy atom. The first-order valence-corrected chi connectivity index (χ1v) is 18.0. The number of nitrogens with zero attached hydrogens (tertiary/aromatic N) is 3. The summed E-state index contributed by atoms with van der Waals surface area (Å²) in [6.07, 6.45) is 1.89. The molecule has 2 heterocycles. The molecule has 0 spiro atoms. The number of amides is 1. The topological polar surface area (TPSA) is 142 Å². The van der Waals surface area contributed by atoms with E-state index in [-0.39, 0.29) is 11.4 Å². The number of sulfonamides is 1. The fourth-order valence-corrected chi connectivity index (χ4v) is 6.92. The SMILES string of the molecule is COc1ccc(CN2CCN=C2NC2CCN(c3ccc(C(=O)NC[C@H](NS(=O)(=O)c4ccccc4)C(=O)OC(C)(C)C)cc3)CC2)cc1. The Bertz CT molecular complexity index is 1700. The third-order valence-electron chi connectivity index (χ3n) is 8.30. The zero-order chi connectivity index (χ0) is 35.0. The predicted octanol–water partition coefficient (Wildman–Crippen LogP) is 3.54. The summed E-state index contributed by atoms with van der Waals surface area (Å²) in [6, 6.07) is 22.1. The highest BCUT2D eigenvalue weighted by Crippen LogP contribution is 2.22. The molecule has 0 radical (unpaired) electrons. The Morgan fingerprint density at radius 1 is 0.939 bits per heavy atom. The number of aliphatic imine (C=N–C) groups is 1. The first-order chi connectivity index (χ1) is 23.4. The number of carbonyl (C=O) groups excluding carboxylic acids is 2. The quantitative estimate of drug-likeness (QED) is 0.244. The van der Waals surface area contributed by atoms with Crippen LogP contribution < -0.4 is 25.0 Å². The van der Waals surface area contributed by atoms with Crippen molar-refractivity contribution in [1.29, 1.82) is 0 Å². The number of piperidine rings is 1. The molecule has 262 valence electrons. The van der Waals surface area contributed by atoms with E-state index in [1.807, 2.05) is 24.3 Å². The number of hydrogen-bond donors (Lipinski definition) is 3. The normalized spacial score (nSPS) is 16.1. The molecule has 3 aromatic rings. The van der Waals surface area contributed by atoms with Crippen molar-refractivity contribution in [2.45, 2.75) is 62.7 Å². The minimum Gasteiger partial charge on any atom is -0.497 e. The van der Waals surface area contributed by atoms with Gasteiger partial charge < -0.3 is 29.9 Å². The molecule has 1 atom stereocenters. The molecule has 3 N–H and O–H groups in total. The summed E-state index contributed by atoms with van der Waals surface area (Å²) in [4.78, 5) is 35.3. The smallest absolute Gasteiger partial charge is 0.326 e. The van der Waals surface area contributed by atoms with Crippen molar-refractivity contribution < 1.29 is 27.5 Å². The molecule has 0 bridgehead atoms. The number of carbonyl (C=O) groups is 2. The van der Waals surface area contributed by atoms with Crippen molar-refractivity contribution in [1.82, 2.24) is 20.3 Å². The van der Waals surface area contributed by atoms with Crippen LogP contribution in [-0.2, 0) is 26.1 Å². The van der Waals surface area contributed by atoms with Crippen molar-refractivity contribution >= 4 is 33.5 Å². The number of benzene rings is 3. The number of hydrogen-bond acceptors (Lipinski definition) is 10. The van der Waals surface area contributed by atoms with Crippen LogP contribution in [0.15, 0.2) is 88.8 Å². The fraction of sp³-hybridized carbons (Fsp3) is 0.417. The molecule has 1 fully saturated rings. The summed E-state index contributed by atoms with van der Waals surface area (Å²) >= 11 is 0. The zero-order valence-corrected chi connectivity index (χ0v) is 29.3. The molecular formula is C36H46N6O6S. The van der Waals surface area contributed by atoms with Crippen LogP contribution in [-0.4, -0.2) is 88.7 Å². The van der Waals surface area contributed by atoms with Crippen molar-refractivity contribution in [3.8, 4) is 5.75 Å². The summed E-state index contributed by atoms with van der Waals surface area (Å²) < 4.78 is 39.0. The van der Waals surface area contributed by atoms with Crippen LogP contribution in [0.2, 0.25) is 0 Å². The third-order valence-corrected chi connectivity index (χ3v) is 9.78. The molecule has 0 unspecified atom stereocenters. The Morgan fingerprint density at radius 2 is 1.61 bits per heavy atom. The summed E-state index contributed by atoms with van der Waals surface area (Å²) in [7, 11) is -2.38. The van der Waals surface area contributed by atoms with Gasteiger partial charge in [0.15, 0.2) is 5.96 Å². The van der Waals surface area contributed by atoms with Crippen molar-refractivity contribution in [3.63, 3.8) is 0 Å². The lowest BCUT2D eigenvalue weighted by Gasteiger charge is -2.35. The van der Waals surface area contributed by atoms with Crippen molar-refractivity contribution in [2.24, 2.45) is 4.99 Å². The minimum atomic E-state index is -4.04. The van der Waals surface area contributed by atoms with Crippen LogP contribution in [0.4, 0.5) is 5.69 Å². The molecule has 2 aliphatic rings. The van der Waals surface area contributed by atoms with Gasteiger partial charge in [-0.3, -0.25) is 14.6 Å². The maximum atomic E-state index is 13.1. The van der Waals surface area contributed by atoms with E-state index in [0.717, 1.165) is 63.0 Å². The second-order valence-corrected chi connectivity index (χ2v) is 14.9. The lowest BCUT2D eigenvalue weighted by molar-refractivity contribution is -0.156. The molecule has 1 saturated heterocycles. The molecule has 2 aliphatic heterocycles. The number of ether oxygens (including phenoxy) is 2. The number of guanidine groups is 1. The van der Waals surface area contributed by atoms with Crippen LogP contribution in [0.1, 0.15) is 49.5 Å². The highest BCUT2D eigenvalue weighted by Gasteiger charge is 2.31. The number of rotatable bonds is 12. The van der Waals surface area contributed by atoms with Gasteiger partial charge in [-0.2, -0.15) is 4.72 Å². The molecule has 13 heteroatoms. The number of nitrogens with one attached hydrogen (secondary N) is 3. The third kappa shape index (κ3) is 9.96. The monoisotopic (exact) mass is 690 g/mol. The molecule has 12 nitrogen and oxygen atoms in total. The molecule has 0 aromatic heterocycles. The van der Waals surface area contributed by atoms with Gasteiger partial charge in [0.2, 0.25) is 10.0 Å². The second kappa shape index (κ2) is 15.7. The predicted molar refractivity (Wildman–Crippen MR) is 189 cm³/mol. The van der Waals surface area contributed by atoms with E-state index in [1.54, 1.807) is 58.2 Å². The Balaban J connectivity index is 1.12. The van der Waals surface area contributed by atoms with Crippen molar-refractivity contribution in [2.75, 3.05) is 44.7 Å². The van der Waals surface area contributed by atoms with E-state index in [2.05, 4.69) is 37.3 Å². The summed E-state index contributed by atoms with van der Waals surface area (Å²) in [5.41, 5.74) is 1.77. The standard InChI is InChI=1S/C36H46N6O6S/c1-36(2,3)48-34(44)32(40-49(45,46)31-8-6-5-7-9-31)24-38-33(43)27-12-14-29(15-13-27)41-21-18-28(19-22-41)39-35-37-20-23-42(35)25-26-10-16-30(47-4)17-11-26/h5-17,28,32,40H,18-25H2,1-4H3,(H,37,39)(H,38,43)/t32-/m0/s1. The van der Waals surface area contributed by atoms with Gasteiger partial charge in [-0.25, -0.2) is 8.42 Å². The maximum absolute atomic E-state index is 13.1. The van der Waals surface area contributed by atoms with Crippen LogP contribution >= 0.6 is 0 Å². The number of esters is 1. The van der Waals surface area contributed by atoms with Gasteiger partial charge in [0.05, 0.1) is 18.6 Å². The first-order valence-electron chi connectivity index (χ1n) is 16.5. The van der Waals surface area contributed by atoms with Gasteiger partial charge in [-0.05, 0) is 87.7 Å². The van der Waals surface area contributed by atoms with Gasteiger partial charge in [0, 0.05) is 50.0 Å². The largest absolute Gasteiger partial charge is 0.497 e. The number of anilines is 1. The molecule has 0 aliphatic carbocycles. The Labute approximate surface area is 288 Å². The molecule has 1 amide bonds. The second-order valence-electron chi connectivity index (χ2n) is 13.2.